The molecule has 0 saturated carbocycles. The summed E-state index contributed by atoms with van der Waals surface area (Å²) < 4.78 is 0. The van der Waals surface area contributed by atoms with Crippen molar-refractivity contribution in [3.05, 3.63) is 60.2 Å². The Labute approximate surface area is 89.2 Å². The predicted octanol–water partition coefficient (Wildman–Crippen LogP) is 4.10. The molecule has 0 aliphatic rings. The third-order valence-electron chi connectivity index (χ3n) is 2.76. The second-order valence-corrected chi connectivity index (χ2v) is 3.96. The van der Waals surface area contributed by atoms with Crippen LogP contribution in [0.3, 0.4) is 0 Å². The van der Waals surface area contributed by atoms with Crippen molar-refractivity contribution < 1.29 is 0 Å². The fraction of sp³-hybridized carbons (Fsp3) is 0.0667. The van der Waals surface area contributed by atoms with Crippen LogP contribution >= 0.6 is 0 Å². The lowest BCUT2D eigenvalue weighted by Crippen LogP contribution is -1.78. The zero-order valence-corrected chi connectivity index (χ0v) is 8.62. The molecule has 1 radical (unpaired) electrons. The topological polar surface area (TPSA) is 0 Å². The van der Waals surface area contributed by atoms with E-state index in [1.54, 1.807) is 0 Å². The maximum absolute atomic E-state index is 3.31. The summed E-state index contributed by atoms with van der Waals surface area (Å²) in [5.74, 6) is 0. The Hall–Kier alpha value is -1.82. The van der Waals surface area contributed by atoms with Crippen LogP contribution < -0.4 is 0 Å². The van der Waals surface area contributed by atoms with Gasteiger partial charge >= 0.3 is 0 Å². The smallest absolute Gasteiger partial charge is 0.00962 e. The Morgan fingerprint density at radius 3 is 2.40 bits per heavy atom. The summed E-state index contributed by atoms with van der Waals surface area (Å²) >= 11 is 0. The molecule has 0 N–H and O–H groups in total. The summed E-state index contributed by atoms with van der Waals surface area (Å²) in [5.41, 5.74) is 1.26. The molecule has 0 amide bonds. The highest BCUT2D eigenvalue weighted by atomic mass is 14.0. The van der Waals surface area contributed by atoms with Crippen LogP contribution in [0.4, 0.5) is 0 Å². The fourth-order valence-electron chi connectivity index (χ4n) is 1.98. The van der Waals surface area contributed by atoms with Crippen LogP contribution in [0.2, 0.25) is 0 Å². The second-order valence-electron chi connectivity index (χ2n) is 3.96. The minimum absolute atomic E-state index is 1.19. The molecule has 0 nitrogen and oxygen atoms in total. The molecule has 71 valence electrons. The van der Waals surface area contributed by atoms with Gasteiger partial charge in [-0.3, -0.25) is 0 Å². The summed E-state index contributed by atoms with van der Waals surface area (Å²) in [6.07, 6.45) is 0. The minimum atomic E-state index is 1.19. The van der Waals surface area contributed by atoms with E-state index in [1.807, 2.05) is 6.07 Å². The molecule has 0 unspecified atom stereocenters. The lowest BCUT2D eigenvalue weighted by molar-refractivity contribution is 1.50. The first-order valence-electron chi connectivity index (χ1n) is 5.14. The molecule has 15 heavy (non-hydrogen) atoms. The van der Waals surface area contributed by atoms with Crippen LogP contribution in [0.25, 0.3) is 21.5 Å². The van der Waals surface area contributed by atoms with Crippen LogP contribution in [-0.4, -0.2) is 0 Å². The maximum atomic E-state index is 3.31. The molecule has 0 atom stereocenters. The van der Waals surface area contributed by atoms with Crippen molar-refractivity contribution in [1.82, 2.24) is 0 Å². The summed E-state index contributed by atoms with van der Waals surface area (Å²) in [4.78, 5) is 0. The quantitative estimate of drug-likeness (QED) is 0.469. The van der Waals surface area contributed by atoms with Gasteiger partial charge in [-0.25, -0.2) is 0 Å². The number of hydrogen-bond acceptors (Lipinski definition) is 0. The number of hydrogen-bond donors (Lipinski definition) is 0. The van der Waals surface area contributed by atoms with Gasteiger partial charge in [0.2, 0.25) is 0 Å². The van der Waals surface area contributed by atoms with Crippen molar-refractivity contribution in [3.63, 3.8) is 0 Å². The van der Waals surface area contributed by atoms with Gasteiger partial charge in [-0.05, 0) is 52.2 Å². The zero-order chi connectivity index (χ0) is 10.3. The van der Waals surface area contributed by atoms with Gasteiger partial charge in [0, 0.05) is 0 Å². The summed E-state index contributed by atoms with van der Waals surface area (Å²) in [7, 11) is 0. The average molecular weight is 191 g/mol. The first kappa shape index (κ1) is 8.49. The monoisotopic (exact) mass is 191 g/mol. The Kier molecular flexibility index (Phi) is 1.75. The molecule has 0 aliphatic carbocycles. The summed E-state index contributed by atoms with van der Waals surface area (Å²) in [6.45, 7) is 2.10. The molecular weight excluding hydrogens is 180 g/mol. The van der Waals surface area contributed by atoms with E-state index in [9.17, 15) is 0 Å². The molecule has 0 bridgehead atoms. The Bertz CT molecular complexity index is 636. The number of fused-ring (bicyclic) bond motifs is 2. The molecule has 0 heteroatoms. The van der Waals surface area contributed by atoms with Crippen molar-refractivity contribution >= 4 is 21.5 Å². The number of rotatable bonds is 0. The van der Waals surface area contributed by atoms with E-state index >= 15 is 0 Å². The Morgan fingerprint density at radius 2 is 1.60 bits per heavy atom. The Balaban J connectivity index is 2.47. The maximum Gasteiger partial charge on any atom is -0.00962 e. The van der Waals surface area contributed by atoms with Crippen molar-refractivity contribution in [2.24, 2.45) is 0 Å². The van der Waals surface area contributed by atoms with Crippen LogP contribution in [0, 0.1) is 13.0 Å². The minimum Gasteiger partial charge on any atom is -0.0616 e. The highest BCUT2D eigenvalue weighted by molar-refractivity contribution is 5.98. The largest absolute Gasteiger partial charge is 0.0616 e. The molecule has 0 heterocycles. The highest BCUT2D eigenvalue weighted by Gasteiger charge is 1.97. The van der Waals surface area contributed by atoms with Gasteiger partial charge in [-0.15, -0.1) is 0 Å². The van der Waals surface area contributed by atoms with Gasteiger partial charge in [0.15, 0.2) is 0 Å². The first-order valence-corrected chi connectivity index (χ1v) is 5.14. The molecular formula is C15H11. The van der Waals surface area contributed by atoms with Gasteiger partial charge < -0.3 is 0 Å². The van der Waals surface area contributed by atoms with Crippen LogP contribution in [0.15, 0.2) is 48.5 Å². The SMILES string of the molecule is Cc1c[c]c2cc3ccccc3cc2c1. The molecule has 0 spiro atoms. The first-order chi connectivity index (χ1) is 7.33. The van der Waals surface area contributed by atoms with Gasteiger partial charge in [0.1, 0.15) is 0 Å². The summed E-state index contributed by atoms with van der Waals surface area (Å²) in [5, 5.41) is 5.04. The van der Waals surface area contributed by atoms with Gasteiger partial charge in [-0.2, -0.15) is 0 Å². The van der Waals surface area contributed by atoms with Gasteiger partial charge in [-0.1, -0.05) is 36.4 Å². The van der Waals surface area contributed by atoms with E-state index in [1.165, 1.54) is 27.1 Å². The average Bonchev–Trinajstić information content (AvgIpc) is 2.26. The molecule has 0 fully saturated rings. The van der Waals surface area contributed by atoms with Crippen molar-refractivity contribution in [3.8, 4) is 0 Å². The van der Waals surface area contributed by atoms with Crippen LogP contribution in [0.1, 0.15) is 5.56 Å². The normalized spacial score (nSPS) is 11.0. The molecule has 0 saturated heterocycles. The van der Waals surface area contributed by atoms with E-state index in [0.717, 1.165) is 0 Å². The molecule has 0 aliphatic heterocycles. The van der Waals surface area contributed by atoms with Crippen molar-refractivity contribution in [1.29, 1.82) is 0 Å². The molecule has 0 aromatic heterocycles. The predicted molar refractivity (Wildman–Crippen MR) is 65.0 cm³/mol. The van der Waals surface area contributed by atoms with E-state index in [4.69, 9.17) is 0 Å². The standard InChI is InChI=1S/C15H11/c1-11-6-7-14-9-12-4-2-3-5-13(12)10-15(14)8-11/h2-6,8-10H,1H3. The highest BCUT2D eigenvalue weighted by Crippen LogP contribution is 2.22. The van der Waals surface area contributed by atoms with Gasteiger partial charge in [0.05, 0.1) is 0 Å². The third kappa shape index (κ3) is 1.39. The summed E-state index contributed by atoms with van der Waals surface area (Å²) in [6, 6.07) is 20.4. The second kappa shape index (κ2) is 3.09. The number of aryl methyl sites for hydroxylation is 1. The number of benzene rings is 3. The van der Waals surface area contributed by atoms with E-state index in [-0.39, 0.29) is 0 Å². The molecule has 3 aromatic carbocycles. The van der Waals surface area contributed by atoms with Crippen LogP contribution in [0.5, 0.6) is 0 Å². The van der Waals surface area contributed by atoms with E-state index < -0.39 is 0 Å². The lowest BCUT2D eigenvalue weighted by Gasteiger charge is -2.02. The van der Waals surface area contributed by atoms with Gasteiger partial charge in [0.25, 0.3) is 0 Å². The Morgan fingerprint density at radius 1 is 0.867 bits per heavy atom. The van der Waals surface area contributed by atoms with Crippen molar-refractivity contribution in [2.75, 3.05) is 0 Å². The lowest BCUT2D eigenvalue weighted by atomic mass is 10.0. The molecule has 3 rings (SSSR count). The van der Waals surface area contributed by atoms with Crippen molar-refractivity contribution in [2.45, 2.75) is 6.92 Å². The third-order valence-corrected chi connectivity index (χ3v) is 2.76. The van der Waals surface area contributed by atoms with Crippen LogP contribution in [-0.2, 0) is 0 Å². The van der Waals surface area contributed by atoms with E-state index in [2.05, 4.69) is 55.5 Å². The zero-order valence-electron chi connectivity index (χ0n) is 8.62. The van der Waals surface area contributed by atoms with E-state index in [0.29, 0.717) is 0 Å². The fourth-order valence-corrected chi connectivity index (χ4v) is 1.98. The molecule has 3 aromatic rings.